The lowest BCUT2D eigenvalue weighted by molar-refractivity contribution is -0.126. The first-order valence-corrected chi connectivity index (χ1v) is 18.6. The summed E-state index contributed by atoms with van der Waals surface area (Å²) in [4.78, 5) is 27.6. The van der Waals surface area contributed by atoms with Crippen LogP contribution in [0.4, 0.5) is 9.59 Å². The maximum absolute atomic E-state index is 13.0. The van der Waals surface area contributed by atoms with Crippen molar-refractivity contribution in [2.24, 2.45) is 50.7 Å². The molecule has 0 aromatic rings. The molecule has 3 N–H and O–H groups in total. The van der Waals surface area contributed by atoms with Gasteiger partial charge in [-0.15, -0.1) is 0 Å². The van der Waals surface area contributed by atoms with Crippen LogP contribution in [0.1, 0.15) is 107 Å². The summed E-state index contributed by atoms with van der Waals surface area (Å²) >= 11 is 0. The minimum absolute atomic E-state index is 0.0519. The average molecular weight is 655 g/mol. The van der Waals surface area contributed by atoms with Gasteiger partial charge in [0, 0.05) is 36.9 Å². The standard InChI is InChI=1S/C38H60N3O6/c1-10-41-18-23(19-41)40-33(44)46-27-13-14-37-20-38(37)16-15-35(7)28-22(4)17-24(29(21(2)3)47-32(43)39-9)45-30(28)31(42)36(35,8)26(38)12-11-25(37)34(27,5)6/h21-23,25,27-29,31,42H,10-20H2,1-9H3,(H,39,43)(H,40,44)/t22-,25+,27?,28+,29-,31+,35-,36-,37-,38+/m1/s1. The molecule has 0 bridgehead atoms. The van der Waals surface area contributed by atoms with E-state index in [2.05, 4.69) is 57.1 Å². The molecular formula is C38H60N3O6. The summed E-state index contributed by atoms with van der Waals surface area (Å²) in [5.74, 6) is 2.54. The second kappa shape index (κ2) is 11.2. The fourth-order valence-corrected chi connectivity index (χ4v) is 12.8. The monoisotopic (exact) mass is 654 g/mol. The second-order valence-corrected chi connectivity index (χ2v) is 17.9. The summed E-state index contributed by atoms with van der Waals surface area (Å²) in [6, 6.07) is 0.190. The number of nitrogens with zero attached hydrogens (tertiary/aromatic N) is 1. The van der Waals surface area contributed by atoms with Gasteiger partial charge in [0.15, 0.2) is 0 Å². The van der Waals surface area contributed by atoms with E-state index in [-0.39, 0.29) is 63.1 Å². The number of hydrogen-bond donors (Lipinski definition) is 3. The highest BCUT2D eigenvalue weighted by Crippen LogP contribution is 2.90. The molecule has 47 heavy (non-hydrogen) atoms. The Morgan fingerprint density at radius 1 is 1.09 bits per heavy atom. The molecule has 10 atom stereocenters. The molecule has 9 nitrogen and oxygen atoms in total. The molecule has 7 fully saturated rings. The van der Waals surface area contributed by atoms with Crippen LogP contribution in [-0.4, -0.2) is 73.2 Å². The minimum atomic E-state index is -0.698. The Labute approximate surface area is 283 Å². The van der Waals surface area contributed by atoms with Crippen molar-refractivity contribution < 1.29 is 28.9 Å². The maximum Gasteiger partial charge on any atom is 0.407 e. The molecule has 2 aliphatic heterocycles. The van der Waals surface area contributed by atoms with Gasteiger partial charge in [0.05, 0.1) is 12.1 Å². The second-order valence-electron chi connectivity index (χ2n) is 17.9. The van der Waals surface area contributed by atoms with Crippen LogP contribution in [0.5, 0.6) is 0 Å². The lowest BCUT2D eigenvalue weighted by Gasteiger charge is -2.63. The fraction of sp³-hybridized carbons (Fsp3) is 0.868. The molecule has 2 saturated heterocycles. The van der Waals surface area contributed by atoms with Gasteiger partial charge in [-0.3, -0.25) is 4.90 Å². The van der Waals surface area contributed by atoms with Gasteiger partial charge in [0.2, 0.25) is 0 Å². The predicted molar refractivity (Wildman–Crippen MR) is 178 cm³/mol. The molecule has 0 aromatic heterocycles. The van der Waals surface area contributed by atoms with Gasteiger partial charge in [-0.05, 0) is 97.8 Å². The van der Waals surface area contributed by atoms with Crippen LogP contribution in [0.25, 0.3) is 0 Å². The van der Waals surface area contributed by atoms with Crippen molar-refractivity contribution in [1.82, 2.24) is 15.5 Å². The number of nitrogens with one attached hydrogen (secondary N) is 2. The summed E-state index contributed by atoms with van der Waals surface area (Å²) in [7, 11) is 1.58. The number of alkyl carbamates (subject to hydrolysis) is 2. The normalized spacial score (nSPS) is 45.4. The summed E-state index contributed by atoms with van der Waals surface area (Å²) in [6.45, 7) is 20.8. The van der Waals surface area contributed by atoms with Crippen LogP contribution in [0, 0.1) is 68.9 Å². The van der Waals surface area contributed by atoms with Crippen molar-refractivity contribution in [2.45, 2.75) is 131 Å². The Kier molecular flexibility index (Phi) is 8.09. The van der Waals surface area contributed by atoms with E-state index in [0.29, 0.717) is 5.92 Å². The number of hydrogen-bond acceptors (Lipinski definition) is 7. The molecule has 7 aliphatic rings. The lowest BCUT2D eigenvalue weighted by Crippen LogP contribution is -2.61. The number of aliphatic hydroxyl groups is 1. The number of ether oxygens (including phenoxy) is 3. The molecule has 1 unspecified atom stereocenters. The van der Waals surface area contributed by atoms with Crippen LogP contribution in [-0.2, 0) is 14.2 Å². The van der Waals surface area contributed by atoms with E-state index in [9.17, 15) is 14.7 Å². The third-order valence-electron chi connectivity index (χ3n) is 15.3. The first-order valence-electron chi connectivity index (χ1n) is 18.6. The zero-order valence-electron chi connectivity index (χ0n) is 30.3. The van der Waals surface area contributed by atoms with Gasteiger partial charge in [-0.1, -0.05) is 55.4 Å². The first-order chi connectivity index (χ1) is 22.1. The Morgan fingerprint density at radius 2 is 1.81 bits per heavy atom. The molecule has 0 aromatic carbocycles. The number of likely N-dealkylation sites (tertiary alicyclic amines) is 1. The summed E-state index contributed by atoms with van der Waals surface area (Å²) < 4.78 is 18.8. The Bertz CT molecular complexity index is 1250. The third-order valence-corrected chi connectivity index (χ3v) is 15.3. The van der Waals surface area contributed by atoms with Crippen LogP contribution >= 0.6 is 0 Å². The highest BCUT2D eigenvalue weighted by Gasteiger charge is 2.85. The van der Waals surface area contributed by atoms with Crippen LogP contribution < -0.4 is 10.6 Å². The van der Waals surface area contributed by atoms with Crippen LogP contribution in [0.15, 0.2) is 0 Å². The van der Waals surface area contributed by atoms with Crippen molar-refractivity contribution in [3.05, 3.63) is 18.1 Å². The maximum atomic E-state index is 13.0. The molecule has 2 heterocycles. The number of aliphatic hydroxyl groups excluding tert-OH is 1. The fourth-order valence-electron chi connectivity index (χ4n) is 12.8. The van der Waals surface area contributed by atoms with Crippen LogP contribution in [0.3, 0.4) is 0 Å². The summed E-state index contributed by atoms with van der Waals surface area (Å²) in [6.07, 6.45) is 7.79. The van der Waals surface area contributed by atoms with Gasteiger partial charge in [-0.2, -0.15) is 0 Å². The van der Waals surface area contributed by atoms with Gasteiger partial charge < -0.3 is 30.0 Å². The lowest BCUT2D eigenvalue weighted by atomic mass is 9.41. The van der Waals surface area contributed by atoms with E-state index in [4.69, 9.17) is 14.2 Å². The molecule has 9 heteroatoms. The molecule has 263 valence electrons. The number of carbonyl (C=O) groups is 2. The molecular weight excluding hydrogens is 594 g/mol. The molecule has 2 amide bonds. The SMILES string of the molecule is CCN1CC(NC(=O)OC2CC[C@]34C[C@]35CC[C@]3(C)[C@@H]6[C](O[C]([C@H](OC(=O)NC)C(C)C)C[C@H]6C)[C@H](O)[C@@]3(C)[C]5CC[C@H]4C2(C)C)C1. The van der Waals surface area contributed by atoms with Gasteiger partial charge >= 0.3 is 12.2 Å². The Balaban J connectivity index is 1.10. The number of fused-ring (bicyclic) bond motifs is 4. The highest BCUT2D eigenvalue weighted by molar-refractivity contribution is 5.68. The van der Waals surface area contributed by atoms with Gasteiger partial charge in [0.25, 0.3) is 0 Å². The van der Waals surface area contributed by atoms with E-state index < -0.39 is 18.3 Å². The van der Waals surface area contributed by atoms with Crippen molar-refractivity contribution in [1.29, 1.82) is 0 Å². The minimum Gasteiger partial charge on any atom is -0.446 e. The predicted octanol–water partition coefficient (Wildman–Crippen LogP) is 6.26. The Morgan fingerprint density at radius 3 is 2.47 bits per heavy atom. The van der Waals surface area contributed by atoms with Crippen LogP contribution in [0.2, 0.25) is 0 Å². The first kappa shape index (κ1) is 33.9. The van der Waals surface area contributed by atoms with E-state index in [1.54, 1.807) is 13.0 Å². The van der Waals surface area contributed by atoms with E-state index in [0.717, 1.165) is 76.8 Å². The third kappa shape index (κ3) is 4.56. The van der Waals surface area contributed by atoms with Crippen molar-refractivity contribution in [3.63, 3.8) is 0 Å². The highest BCUT2D eigenvalue weighted by atomic mass is 16.6. The largest absolute Gasteiger partial charge is 0.446 e. The molecule has 5 saturated carbocycles. The number of likely N-dealkylation sites (N-methyl/N-ethyl adjacent to an activating group) is 1. The smallest absolute Gasteiger partial charge is 0.407 e. The van der Waals surface area contributed by atoms with E-state index in [1.807, 2.05) is 13.8 Å². The van der Waals surface area contributed by atoms with Gasteiger partial charge in [0.1, 0.15) is 24.4 Å². The van der Waals surface area contributed by atoms with E-state index in [1.165, 1.54) is 6.42 Å². The number of amides is 2. The van der Waals surface area contributed by atoms with Crippen molar-refractivity contribution >= 4 is 12.2 Å². The zero-order chi connectivity index (χ0) is 33.9. The summed E-state index contributed by atoms with van der Waals surface area (Å²) in [5, 5.41) is 18.2. The molecule has 7 rings (SSSR count). The molecule has 3 radical (unpaired) electrons. The van der Waals surface area contributed by atoms with E-state index >= 15 is 0 Å². The zero-order valence-corrected chi connectivity index (χ0v) is 30.3. The average Bonchev–Trinajstić information content (AvgIpc) is 3.63. The topological polar surface area (TPSA) is 109 Å². The Hall–Kier alpha value is -1.58. The van der Waals surface area contributed by atoms with Gasteiger partial charge in [-0.25, -0.2) is 9.59 Å². The number of rotatable bonds is 6. The quantitative estimate of drug-likeness (QED) is 0.310. The molecule has 2 spiro atoms. The molecule has 5 aliphatic carbocycles. The van der Waals surface area contributed by atoms with Crippen molar-refractivity contribution in [3.8, 4) is 0 Å². The summed E-state index contributed by atoms with van der Waals surface area (Å²) in [5.41, 5.74) is -0.257. The van der Waals surface area contributed by atoms with Crippen molar-refractivity contribution in [2.75, 3.05) is 26.7 Å². The number of carbonyl (C=O) groups excluding carboxylic acids is 2.